The van der Waals surface area contributed by atoms with Gasteiger partial charge >= 0.3 is 0 Å². The molecule has 1 aromatic carbocycles. The lowest BCUT2D eigenvalue weighted by molar-refractivity contribution is -0.122. The first-order chi connectivity index (χ1) is 11.8. The summed E-state index contributed by atoms with van der Waals surface area (Å²) in [5.74, 6) is 0.918. The molecule has 0 aliphatic heterocycles. The number of carbonyl (C=O) groups is 2. The van der Waals surface area contributed by atoms with E-state index in [2.05, 4.69) is 5.32 Å². The summed E-state index contributed by atoms with van der Waals surface area (Å²) in [6, 6.07) is 7.69. The molecular weight excluding hydrogens is 321 g/mol. The van der Waals surface area contributed by atoms with Gasteiger partial charge in [0.1, 0.15) is 17.3 Å². The standard InChI is InChI=1S/C20H24FNO3/c1-12(2)20(15-5-7-16(21)8-6-15)22-19(24)10-9-17-11-18(13(3)23)14(4)25-17/h5-8,11-12,20H,9-10H2,1-4H3,(H,22,24). The number of carbonyl (C=O) groups excluding carboxylic acids is 2. The van der Waals surface area contributed by atoms with Crippen LogP contribution in [0, 0.1) is 18.7 Å². The van der Waals surface area contributed by atoms with E-state index in [1.165, 1.54) is 19.1 Å². The van der Waals surface area contributed by atoms with Crippen molar-refractivity contribution in [2.75, 3.05) is 0 Å². The van der Waals surface area contributed by atoms with E-state index in [1.807, 2.05) is 13.8 Å². The highest BCUT2D eigenvalue weighted by molar-refractivity contribution is 5.95. The minimum absolute atomic E-state index is 0.0480. The predicted octanol–water partition coefficient (Wildman–Crippen LogP) is 4.38. The summed E-state index contributed by atoms with van der Waals surface area (Å²) in [5.41, 5.74) is 1.43. The van der Waals surface area contributed by atoms with Crippen LogP contribution in [0.25, 0.3) is 0 Å². The largest absolute Gasteiger partial charge is 0.466 e. The van der Waals surface area contributed by atoms with E-state index in [9.17, 15) is 14.0 Å². The molecule has 0 fully saturated rings. The number of halogens is 1. The molecule has 1 amide bonds. The number of rotatable bonds is 7. The Morgan fingerprint density at radius 3 is 2.36 bits per heavy atom. The fraction of sp³-hybridized carbons (Fsp3) is 0.400. The Morgan fingerprint density at radius 1 is 1.20 bits per heavy atom. The summed E-state index contributed by atoms with van der Waals surface area (Å²) < 4.78 is 18.6. The minimum atomic E-state index is -0.299. The molecule has 0 radical (unpaired) electrons. The monoisotopic (exact) mass is 345 g/mol. The van der Waals surface area contributed by atoms with Crippen LogP contribution < -0.4 is 5.32 Å². The topological polar surface area (TPSA) is 59.3 Å². The Balaban J connectivity index is 1.98. The van der Waals surface area contributed by atoms with E-state index >= 15 is 0 Å². The van der Waals surface area contributed by atoms with Crippen molar-refractivity contribution in [2.45, 2.75) is 46.6 Å². The molecule has 0 bridgehead atoms. The van der Waals surface area contributed by atoms with Gasteiger partial charge in [-0.15, -0.1) is 0 Å². The van der Waals surface area contributed by atoms with E-state index in [4.69, 9.17) is 4.42 Å². The van der Waals surface area contributed by atoms with Crippen LogP contribution in [-0.4, -0.2) is 11.7 Å². The molecule has 1 aromatic heterocycles. The van der Waals surface area contributed by atoms with Crippen LogP contribution in [0.3, 0.4) is 0 Å². The highest BCUT2D eigenvalue weighted by Gasteiger charge is 2.19. The van der Waals surface area contributed by atoms with Crippen LogP contribution in [0.4, 0.5) is 4.39 Å². The average Bonchev–Trinajstić information content (AvgIpc) is 2.92. The molecule has 0 aliphatic rings. The molecule has 2 aromatic rings. The zero-order chi connectivity index (χ0) is 18.6. The lowest BCUT2D eigenvalue weighted by Crippen LogP contribution is -2.31. The molecule has 1 N–H and O–H groups in total. The number of hydrogen-bond acceptors (Lipinski definition) is 3. The number of furan rings is 1. The molecule has 25 heavy (non-hydrogen) atoms. The molecule has 1 heterocycles. The van der Waals surface area contributed by atoms with Crippen molar-refractivity contribution in [3.63, 3.8) is 0 Å². The van der Waals surface area contributed by atoms with Crippen LogP contribution in [-0.2, 0) is 11.2 Å². The summed E-state index contributed by atoms with van der Waals surface area (Å²) in [4.78, 5) is 23.8. The molecule has 0 spiro atoms. The Bertz CT molecular complexity index is 747. The summed E-state index contributed by atoms with van der Waals surface area (Å²) in [6.45, 7) is 7.24. The number of hydrogen-bond donors (Lipinski definition) is 1. The zero-order valence-electron chi connectivity index (χ0n) is 15.1. The van der Waals surface area contributed by atoms with E-state index in [0.717, 1.165) is 5.56 Å². The number of benzene rings is 1. The molecule has 0 aliphatic carbocycles. The quantitative estimate of drug-likeness (QED) is 0.758. The van der Waals surface area contributed by atoms with Crippen LogP contribution in [0.2, 0.25) is 0 Å². The van der Waals surface area contributed by atoms with Crippen molar-refractivity contribution in [2.24, 2.45) is 5.92 Å². The van der Waals surface area contributed by atoms with Crippen LogP contribution in [0.1, 0.15) is 60.7 Å². The number of nitrogens with one attached hydrogen (secondary N) is 1. The molecule has 1 unspecified atom stereocenters. The second-order valence-electron chi connectivity index (χ2n) is 6.58. The van der Waals surface area contributed by atoms with Gasteiger partial charge in [0.15, 0.2) is 5.78 Å². The van der Waals surface area contributed by atoms with Crippen molar-refractivity contribution in [1.82, 2.24) is 5.32 Å². The Morgan fingerprint density at radius 2 is 1.84 bits per heavy atom. The minimum Gasteiger partial charge on any atom is -0.466 e. The molecule has 0 saturated carbocycles. The van der Waals surface area contributed by atoms with Crippen molar-refractivity contribution < 1.29 is 18.4 Å². The van der Waals surface area contributed by atoms with Crippen LogP contribution in [0.15, 0.2) is 34.7 Å². The Labute approximate surface area is 147 Å². The first kappa shape index (κ1) is 18.9. The van der Waals surface area contributed by atoms with Crippen molar-refractivity contribution in [3.05, 3.63) is 58.8 Å². The number of aryl methyl sites for hydroxylation is 2. The van der Waals surface area contributed by atoms with Crippen molar-refractivity contribution in [3.8, 4) is 0 Å². The van der Waals surface area contributed by atoms with E-state index < -0.39 is 0 Å². The van der Waals surface area contributed by atoms with Crippen molar-refractivity contribution in [1.29, 1.82) is 0 Å². The maximum atomic E-state index is 13.1. The van der Waals surface area contributed by atoms with Gasteiger partial charge in [-0.3, -0.25) is 9.59 Å². The van der Waals surface area contributed by atoms with Gasteiger partial charge in [-0.25, -0.2) is 4.39 Å². The second kappa shape index (κ2) is 8.10. The summed E-state index contributed by atoms with van der Waals surface area (Å²) in [5, 5.41) is 3.00. The lowest BCUT2D eigenvalue weighted by atomic mass is 9.95. The molecule has 2 rings (SSSR count). The average molecular weight is 345 g/mol. The van der Waals surface area contributed by atoms with Gasteiger partial charge in [0.05, 0.1) is 11.6 Å². The smallest absolute Gasteiger partial charge is 0.220 e. The number of Topliss-reactive ketones (excluding diaryl/α,β-unsaturated/α-hetero) is 1. The Hall–Kier alpha value is -2.43. The third-order valence-electron chi connectivity index (χ3n) is 4.16. The highest BCUT2D eigenvalue weighted by Crippen LogP contribution is 2.22. The second-order valence-corrected chi connectivity index (χ2v) is 6.58. The summed E-state index contributed by atoms with van der Waals surface area (Å²) in [7, 11) is 0. The number of amides is 1. The Kier molecular flexibility index (Phi) is 6.12. The molecule has 134 valence electrons. The fourth-order valence-corrected chi connectivity index (χ4v) is 2.80. The van der Waals surface area contributed by atoms with Gasteiger partial charge in [0, 0.05) is 12.8 Å². The van der Waals surface area contributed by atoms with Crippen LogP contribution >= 0.6 is 0 Å². The zero-order valence-corrected chi connectivity index (χ0v) is 15.1. The highest BCUT2D eigenvalue weighted by atomic mass is 19.1. The van der Waals surface area contributed by atoms with Gasteiger partial charge in [-0.1, -0.05) is 26.0 Å². The summed E-state index contributed by atoms with van der Waals surface area (Å²) in [6.07, 6.45) is 0.683. The first-order valence-corrected chi connectivity index (χ1v) is 8.43. The maximum Gasteiger partial charge on any atom is 0.220 e. The molecule has 4 nitrogen and oxygen atoms in total. The van der Waals surface area contributed by atoms with Crippen LogP contribution in [0.5, 0.6) is 0 Å². The maximum absolute atomic E-state index is 13.1. The van der Waals surface area contributed by atoms with Gasteiger partial charge in [-0.05, 0) is 43.5 Å². The van der Waals surface area contributed by atoms with E-state index in [0.29, 0.717) is 23.5 Å². The SMILES string of the molecule is CC(=O)c1cc(CCC(=O)NC(c2ccc(F)cc2)C(C)C)oc1C. The third-order valence-corrected chi connectivity index (χ3v) is 4.16. The molecule has 5 heteroatoms. The van der Waals surface area contributed by atoms with Gasteiger partial charge < -0.3 is 9.73 Å². The predicted molar refractivity (Wildman–Crippen MR) is 93.9 cm³/mol. The summed E-state index contributed by atoms with van der Waals surface area (Å²) >= 11 is 0. The third kappa shape index (κ3) is 5.02. The molecule has 1 atom stereocenters. The molecule has 0 saturated heterocycles. The van der Waals surface area contributed by atoms with E-state index in [-0.39, 0.29) is 35.9 Å². The van der Waals surface area contributed by atoms with Gasteiger partial charge in [0.25, 0.3) is 0 Å². The van der Waals surface area contributed by atoms with Crippen molar-refractivity contribution >= 4 is 11.7 Å². The lowest BCUT2D eigenvalue weighted by Gasteiger charge is -2.23. The normalized spacial score (nSPS) is 12.2. The van der Waals surface area contributed by atoms with E-state index in [1.54, 1.807) is 25.1 Å². The fourth-order valence-electron chi connectivity index (χ4n) is 2.80. The van der Waals surface area contributed by atoms with Gasteiger partial charge in [0.2, 0.25) is 5.91 Å². The molecular formula is C20H24FNO3. The first-order valence-electron chi connectivity index (χ1n) is 8.43. The number of ketones is 1. The van der Waals surface area contributed by atoms with Gasteiger partial charge in [-0.2, -0.15) is 0 Å².